The fourth-order valence-electron chi connectivity index (χ4n) is 2.06. The number of fused-ring (bicyclic) bond motifs is 1. The summed E-state index contributed by atoms with van der Waals surface area (Å²) in [7, 11) is 0. The Morgan fingerprint density at radius 2 is 1.81 bits per heavy atom. The topological polar surface area (TPSA) is 26.3 Å². The summed E-state index contributed by atoms with van der Waals surface area (Å²) in [5, 5.41) is 0. The van der Waals surface area contributed by atoms with E-state index in [-0.39, 0.29) is 11.4 Å². The molecule has 0 aliphatic carbocycles. The van der Waals surface area contributed by atoms with E-state index >= 15 is 0 Å². The van der Waals surface area contributed by atoms with Crippen LogP contribution in [0.3, 0.4) is 0 Å². The lowest BCUT2D eigenvalue weighted by Crippen LogP contribution is -2.25. The van der Waals surface area contributed by atoms with Crippen LogP contribution in [0.25, 0.3) is 0 Å². The summed E-state index contributed by atoms with van der Waals surface area (Å²) in [6.07, 6.45) is 0. The van der Waals surface area contributed by atoms with Gasteiger partial charge in [-0.2, -0.15) is 0 Å². The summed E-state index contributed by atoms with van der Waals surface area (Å²) in [4.78, 5) is 11.8. The van der Waals surface area contributed by atoms with Crippen LogP contribution < -0.4 is 4.74 Å². The number of rotatable bonds is 0. The smallest absolute Gasteiger partial charge is 0.321 e. The number of esters is 1. The van der Waals surface area contributed by atoms with Crippen LogP contribution in [0, 0.1) is 0 Å². The van der Waals surface area contributed by atoms with Gasteiger partial charge >= 0.3 is 5.97 Å². The zero-order valence-corrected chi connectivity index (χ0v) is 10.5. The van der Waals surface area contributed by atoms with Crippen LogP contribution >= 0.6 is 0 Å². The minimum absolute atomic E-state index is 0.00789. The van der Waals surface area contributed by atoms with Gasteiger partial charge in [0.2, 0.25) is 0 Å². The first-order chi connectivity index (χ1) is 7.24. The van der Waals surface area contributed by atoms with Crippen LogP contribution in [-0.4, -0.2) is 5.97 Å². The summed E-state index contributed by atoms with van der Waals surface area (Å²) in [5.74, 6) is 0.615. The molecule has 0 N–H and O–H groups in total. The molecule has 0 aromatic heterocycles. The van der Waals surface area contributed by atoms with E-state index in [2.05, 4.69) is 20.8 Å². The van der Waals surface area contributed by atoms with Crippen molar-refractivity contribution in [1.29, 1.82) is 0 Å². The third-order valence-electron chi connectivity index (χ3n) is 3.20. The van der Waals surface area contributed by atoms with E-state index in [4.69, 9.17) is 4.74 Å². The van der Waals surface area contributed by atoms with Gasteiger partial charge in [-0.15, -0.1) is 0 Å². The van der Waals surface area contributed by atoms with Gasteiger partial charge in [-0.25, -0.2) is 0 Å². The summed E-state index contributed by atoms with van der Waals surface area (Å²) in [6, 6.07) is 6.02. The molecule has 0 saturated carbocycles. The monoisotopic (exact) mass is 218 g/mol. The van der Waals surface area contributed by atoms with Crippen molar-refractivity contribution in [3.05, 3.63) is 29.3 Å². The van der Waals surface area contributed by atoms with Gasteiger partial charge in [0.15, 0.2) is 0 Å². The molecule has 0 radical (unpaired) electrons. The lowest BCUT2D eigenvalue weighted by molar-refractivity contribution is -0.137. The van der Waals surface area contributed by atoms with E-state index in [1.165, 1.54) is 0 Å². The Morgan fingerprint density at radius 3 is 2.38 bits per heavy atom. The van der Waals surface area contributed by atoms with E-state index in [1.54, 1.807) is 0 Å². The van der Waals surface area contributed by atoms with E-state index in [9.17, 15) is 4.79 Å². The lowest BCUT2D eigenvalue weighted by Gasteiger charge is -2.21. The molecular weight excluding hydrogens is 200 g/mol. The van der Waals surface area contributed by atoms with Gasteiger partial charge in [-0.1, -0.05) is 39.0 Å². The maximum atomic E-state index is 11.8. The summed E-state index contributed by atoms with van der Waals surface area (Å²) in [6.45, 7) is 10.2. The highest BCUT2D eigenvalue weighted by Gasteiger charge is 2.43. The molecule has 2 rings (SSSR count). The highest BCUT2D eigenvalue weighted by Crippen LogP contribution is 2.44. The van der Waals surface area contributed by atoms with Gasteiger partial charge in [0.25, 0.3) is 0 Å². The predicted molar refractivity (Wildman–Crippen MR) is 63.8 cm³/mol. The Bertz CT molecular complexity index is 450. The van der Waals surface area contributed by atoms with Gasteiger partial charge in [-0.3, -0.25) is 4.79 Å². The summed E-state index contributed by atoms with van der Waals surface area (Å²) < 4.78 is 5.44. The van der Waals surface area contributed by atoms with Crippen LogP contribution in [0.2, 0.25) is 0 Å². The van der Waals surface area contributed by atoms with Crippen LogP contribution in [0.15, 0.2) is 18.2 Å². The van der Waals surface area contributed by atoms with Crippen molar-refractivity contribution in [1.82, 2.24) is 0 Å². The van der Waals surface area contributed by atoms with Crippen LogP contribution in [0.1, 0.15) is 45.7 Å². The van der Waals surface area contributed by atoms with Gasteiger partial charge in [0.1, 0.15) is 5.75 Å². The maximum Gasteiger partial charge on any atom is 0.321 e. The third kappa shape index (κ3) is 1.44. The van der Waals surface area contributed by atoms with Gasteiger partial charge in [0.05, 0.1) is 5.41 Å². The normalized spacial score (nSPS) is 18.2. The molecule has 2 nitrogen and oxygen atoms in total. The quantitative estimate of drug-likeness (QED) is 0.494. The molecule has 1 heterocycles. The molecule has 0 bridgehead atoms. The van der Waals surface area contributed by atoms with E-state index in [0.717, 1.165) is 16.9 Å². The van der Waals surface area contributed by atoms with Crippen LogP contribution in [-0.2, 0) is 15.6 Å². The van der Waals surface area contributed by atoms with Crippen molar-refractivity contribution in [3.63, 3.8) is 0 Å². The van der Waals surface area contributed by atoms with Crippen molar-refractivity contribution >= 4 is 5.97 Å². The van der Waals surface area contributed by atoms with Crippen LogP contribution in [0.4, 0.5) is 0 Å². The molecule has 0 spiro atoms. The average Bonchev–Trinajstić information content (AvgIpc) is 2.37. The van der Waals surface area contributed by atoms with Crippen LogP contribution in [0.5, 0.6) is 5.75 Å². The molecule has 16 heavy (non-hydrogen) atoms. The minimum atomic E-state index is -0.517. The minimum Gasteiger partial charge on any atom is -0.425 e. The first-order valence-corrected chi connectivity index (χ1v) is 5.61. The number of ether oxygens (including phenoxy) is 1. The maximum absolute atomic E-state index is 11.8. The van der Waals surface area contributed by atoms with Crippen molar-refractivity contribution in [2.75, 3.05) is 0 Å². The highest BCUT2D eigenvalue weighted by atomic mass is 16.5. The number of para-hydroxylation sites is 1. The molecule has 0 amide bonds. The summed E-state index contributed by atoms with van der Waals surface area (Å²) in [5.41, 5.74) is 1.58. The molecule has 1 aliphatic rings. The van der Waals surface area contributed by atoms with Crippen molar-refractivity contribution < 1.29 is 9.53 Å². The molecule has 0 unspecified atom stereocenters. The average molecular weight is 218 g/mol. The zero-order valence-electron chi connectivity index (χ0n) is 10.5. The highest BCUT2D eigenvalue weighted by molar-refractivity contribution is 5.90. The molecule has 1 aromatic carbocycles. The second-order valence-corrected chi connectivity index (χ2v) is 5.95. The largest absolute Gasteiger partial charge is 0.425 e. The number of carbonyl (C=O) groups is 1. The number of hydrogen-bond acceptors (Lipinski definition) is 2. The van der Waals surface area contributed by atoms with Gasteiger partial charge < -0.3 is 4.74 Å². The second kappa shape index (κ2) is 3.09. The Balaban J connectivity index is 2.66. The molecular formula is C14H18O2. The van der Waals surface area contributed by atoms with E-state index in [1.807, 2.05) is 32.0 Å². The molecule has 0 saturated heterocycles. The third-order valence-corrected chi connectivity index (χ3v) is 3.20. The van der Waals surface area contributed by atoms with Crippen molar-refractivity contribution in [2.45, 2.75) is 45.4 Å². The second-order valence-electron chi connectivity index (χ2n) is 5.95. The number of hydrogen-bond donors (Lipinski definition) is 0. The van der Waals surface area contributed by atoms with Crippen molar-refractivity contribution in [2.24, 2.45) is 0 Å². The lowest BCUT2D eigenvalue weighted by atomic mass is 9.80. The van der Waals surface area contributed by atoms with E-state index < -0.39 is 5.41 Å². The fraction of sp³-hybridized carbons (Fsp3) is 0.500. The zero-order chi connectivity index (χ0) is 12.1. The molecule has 0 atom stereocenters. The predicted octanol–water partition coefficient (Wildman–Crippen LogP) is 3.18. The molecule has 86 valence electrons. The van der Waals surface area contributed by atoms with Gasteiger partial charge in [-0.05, 0) is 19.3 Å². The molecule has 2 heteroatoms. The number of benzene rings is 1. The molecule has 1 aromatic rings. The summed E-state index contributed by atoms with van der Waals surface area (Å²) >= 11 is 0. The van der Waals surface area contributed by atoms with E-state index in [0.29, 0.717) is 0 Å². The Kier molecular flexibility index (Phi) is 2.16. The standard InChI is InChI=1S/C14H18O2/c1-13(2,3)9-7-6-8-10-11(9)16-12(15)14(10,4)5/h6-8H,1-5H3. The SMILES string of the molecule is CC(C)(C)c1cccc2c1OC(=O)C2(C)C. The first kappa shape index (κ1) is 11.2. The Hall–Kier alpha value is -1.31. The molecule has 0 fully saturated rings. The molecule has 1 aliphatic heterocycles. The first-order valence-electron chi connectivity index (χ1n) is 5.61. The van der Waals surface area contributed by atoms with Gasteiger partial charge in [0, 0.05) is 11.1 Å². The Labute approximate surface area is 96.6 Å². The van der Waals surface area contributed by atoms with Crippen molar-refractivity contribution in [3.8, 4) is 5.75 Å². The number of carbonyl (C=O) groups excluding carboxylic acids is 1. The Morgan fingerprint density at radius 1 is 1.19 bits per heavy atom. The fourth-order valence-corrected chi connectivity index (χ4v) is 2.06.